The van der Waals surface area contributed by atoms with Gasteiger partial charge < -0.3 is 10.6 Å². The molecule has 1 saturated heterocycles. The average molecular weight is 281 g/mol. The molecule has 1 heterocycles. The lowest BCUT2D eigenvalue weighted by Gasteiger charge is -2.38. The normalized spacial score (nSPS) is 16.9. The van der Waals surface area contributed by atoms with Crippen LogP contribution in [0, 0.1) is 5.41 Å². The van der Waals surface area contributed by atoms with Crippen LogP contribution in [0.1, 0.15) is 19.4 Å². The van der Waals surface area contributed by atoms with E-state index in [0.717, 1.165) is 37.4 Å². The van der Waals surface area contributed by atoms with Crippen molar-refractivity contribution in [2.24, 2.45) is 5.73 Å². The molecule has 0 aromatic heterocycles. The number of anilines is 1. The van der Waals surface area contributed by atoms with E-state index in [1.54, 1.807) is 6.07 Å². The van der Waals surface area contributed by atoms with Gasteiger partial charge in [0.1, 0.15) is 5.84 Å². The number of hydrogen-bond acceptors (Lipinski definition) is 3. The molecule has 0 atom stereocenters. The Kier molecular flexibility index (Phi) is 4.32. The number of nitrogens with zero attached hydrogens (tertiary/aromatic N) is 2. The van der Waals surface area contributed by atoms with Gasteiger partial charge in [-0.05, 0) is 32.0 Å². The van der Waals surface area contributed by atoms with Gasteiger partial charge in [-0.15, -0.1) is 0 Å². The molecule has 0 amide bonds. The quantitative estimate of drug-likeness (QED) is 0.659. The molecule has 1 aromatic carbocycles. The molecular weight excluding hydrogens is 260 g/mol. The summed E-state index contributed by atoms with van der Waals surface area (Å²) in [4.78, 5) is 4.72. The van der Waals surface area contributed by atoms with Crippen LogP contribution in [0.15, 0.2) is 18.2 Å². The van der Waals surface area contributed by atoms with Gasteiger partial charge in [0.25, 0.3) is 0 Å². The standard InChI is InChI=1S/C14H21ClN4/c1-10(2)18-5-7-19(8-6-18)13-9-11(15)3-4-12(13)14(16)17/h3-4,9-10H,5-8H2,1-2H3,(H3,16,17). The number of hydrogen-bond donors (Lipinski definition) is 2. The summed E-state index contributed by atoms with van der Waals surface area (Å²) in [5, 5.41) is 8.36. The third-order valence-electron chi connectivity index (χ3n) is 3.64. The molecule has 0 bridgehead atoms. The zero-order chi connectivity index (χ0) is 14.0. The highest BCUT2D eigenvalue weighted by atomic mass is 35.5. The van der Waals surface area contributed by atoms with Crippen LogP contribution in [-0.2, 0) is 0 Å². The lowest BCUT2D eigenvalue weighted by molar-refractivity contribution is 0.209. The minimum atomic E-state index is 0.0953. The molecule has 1 aliphatic rings. The number of benzene rings is 1. The number of halogens is 1. The Morgan fingerprint density at radius 2 is 1.89 bits per heavy atom. The fourth-order valence-corrected chi connectivity index (χ4v) is 2.64. The van der Waals surface area contributed by atoms with Crippen LogP contribution < -0.4 is 10.6 Å². The second-order valence-corrected chi connectivity index (χ2v) is 5.63. The van der Waals surface area contributed by atoms with Gasteiger partial charge in [-0.3, -0.25) is 10.3 Å². The smallest absolute Gasteiger partial charge is 0.124 e. The Morgan fingerprint density at radius 3 is 2.42 bits per heavy atom. The van der Waals surface area contributed by atoms with E-state index in [2.05, 4.69) is 23.6 Å². The van der Waals surface area contributed by atoms with Crippen molar-refractivity contribution in [2.75, 3.05) is 31.1 Å². The highest BCUT2D eigenvalue weighted by Gasteiger charge is 2.21. The van der Waals surface area contributed by atoms with E-state index in [1.165, 1.54) is 0 Å². The van der Waals surface area contributed by atoms with Crippen molar-refractivity contribution >= 4 is 23.1 Å². The van der Waals surface area contributed by atoms with E-state index >= 15 is 0 Å². The van der Waals surface area contributed by atoms with E-state index in [1.807, 2.05) is 12.1 Å². The van der Waals surface area contributed by atoms with Crippen LogP contribution in [0.3, 0.4) is 0 Å². The van der Waals surface area contributed by atoms with Crippen LogP contribution >= 0.6 is 11.6 Å². The molecule has 19 heavy (non-hydrogen) atoms. The molecule has 1 aliphatic heterocycles. The highest BCUT2D eigenvalue weighted by molar-refractivity contribution is 6.31. The summed E-state index contributed by atoms with van der Waals surface area (Å²) < 4.78 is 0. The molecule has 0 unspecified atom stereocenters. The van der Waals surface area contributed by atoms with Gasteiger partial charge in [0, 0.05) is 48.5 Å². The molecule has 3 N–H and O–H groups in total. The first-order valence-electron chi connectivity index (χ1n) is 6.62. The zero-order valence-corrected chi connectivity index (χ0v) is 12.2. The molecule has 0 radical (unpaired) electrons. The van der Waals surface area contributed by atoms with E-state index in [9.17, 15) is 0 Å². The second-order valence-electron chi connectivity index (χ2n) is 5.19. The number of nitrogens with two attached hydrogens (primary N) is 1. The van der Waals surface area contributed by atoms with Crippen molar-refractivity contribution in [2.45, 2.75) is 19.9 Å². The first-order valence-corrected chi connectivity index (χ1v) is 7.00. The molecule has 4 nitrogen and oxygen atoms in total. The summed E-state index contributed by atoms with van der Waals surface area (Å²) in [5.41, 5.74) is 7.39. The number of piperazine rings is 1. The second kappa shape index (κ2) is 5.80. The third kappa shape index (κ3) is 3.19. The van der Waals surface area contributed by atoms with Crippen molar-refractivity contribution in [3.8, 4) is 0 Å². The maximum Gasteiger partial charge on any atom is 0.124 e. The van der Waals surface area contributed by atoms with E-state index < -0.39 is 0 Å². The summed E-state index contributed by atoms with van der Waals surface area (Å²) in [5.74, 6) is 0.0953. The highest BCUT2D eigenvalue weighted by Crippen LogP contribution is 2.26. The molecule has 0 aliphatic carbocycles. The average Bonchev–Trinajstić information content (AvgIpc) is 2.38. The molecule has 2 rings (SSSR count). The summed E-state index contributed by atoms with van der Waals surface area (Å²) in [6.45, 7) is 8.38. The summed E-state index contributed by atoms with van der Waals surface area (Å²) in [6.07, 6.45) is 0. The van der Waals surface area contributed by atoms with Crippen LogP contribution in [-0.4, -0.2) is 43.0 Å². The largest absolute Gasteiger partial charge is 0.384 e. The first-order chi connectivity index (χ1) is 8.99. The molecule has 1 aromatic rings. The summed E-state index contributed by atoms with van der Waals surface area (Å²) >= 11 is 6.07. The molecule has 0 saturated carbocycles. The summed E-state index contributed by atoms with van der Waals surface area (Å²) in [7, 11) is 0. The SMILES string of the molecule is CC(C)N1CCN(c2cc(Cl)ccc2C(=N)N)CC1. The predicted octanol–water partition coefficient (Wildman–Crippen LogP) is 2.15. The monoisotopic (exact) mass is 280 g/mol. The third-order valence-corrected chi connectivity index (χ3v) is 3.87. The van der Waals surface area contributed by atoms with Crippen LogP contribution in [0.25, 0.3) is 0 Å². The minimum Gasteiger partial charge on any atom is -0.384 e. The Hall–Kier alpha value is -1.26. The van der Waals surface area contributed by atoms with E-state index in [4.69, 9.17) is 22.7 Å². The van der Waals surface area contributed by atoms with Gasteiger partial charge >= 0.3 is 0 Å². The molecule has 104 valence electrons. The van der Waals surface area contributed by atoms with Gasteiger partial charge in [-0.2, -0.15) is 0 Å². The van der Waals surface area contributed by atoms with Crippen molar-refractivity contribution in [3.05, 3.63) is 28.8 Å². The lowest BCUT2D eigenvalue weighted by Crippen LogP contribution is -2.49. The van der Waals surface area contributed by atoms with Crippen LogP contribution in [0.2, 0.25) is 5.02 Å². The summed E-state index contributed by atoms with van der Waals surface area (Å²) in [6, 6.07) is 6.10. The van der Waals surface area contributed by atoms with Gasteiger partial charge in [0.05, 0.1) is 0 Å². The minimum absolute atomic E-state index is 0.0953. The number of nitrogens with one attached hydrogen (secondary N) is 1. The van der Waals surface area contributed by atoms with Crippen molar-refractivity contribution in [3.63, 3.8) is 0 Å². The Labute approximate surface area is 119 Å². The Morgan fingerprint density at radius 1 is 1.26 bits per heavy atom. The molecule has 5 heteroatoms. The number of rotatable bonds is 3. The van der Waals surface area contributed by atoms with Crippen molar-refractivity contribution in [1.29, 1.82) is 5.41 Å². The molecule has 0 spiro atoms. The van der Waals surface area contributed by atoms with E-state index in [0.29, 0.717) is 11.1 Å². The topological polar surface area (TPSA) is 56.4 Å². The molecule has 1 fully saturated rings. The van der Waals surface area contributed by atoms with Gasteiger partial charge in [0.15, 0.2) is 0 Å². The Bertz CT molecular complexity index is 465. The predicted molar refractivity (Wildman–Crippen MR) is 81.4 cm³/mol. The Balaban J connectivity index is 2.19. The zero-order valence-electron chi connectivity index (χ0n) is 11.5. The number of nitrogen functional groups attached to an aromatic ring is 1. The maximum atomic E-state index is 7.67. The number of amidine groups is 1. The van der Waals surface area contributed by atoms with Gasteiger partial charge in [-0.25, -0.2) is 0 Å². The van der Waals surface area contributed by atoms with Crippen molar-refractivity contribution < 1.29 is 0 Å². The maximum absolute atomic E-state index is 7.67. The van der Waals surface area contributed by atoms with Crippen molar-refractivity contribution in [1.82, 2.24) is 4.90 Å². The van der Waals surface area contributed by atoms with Gasteiger partial charge in [0.2, 0.25) is 0 Å². The van der Waals surface area contributed by atoms with Gasteiger partial charge in [-0.1, -0.05) is 11.6 Å². The fraction of sp³-hybridized carbons (Fsp3) is 0.500. The fourth-order valence-electron chi connectivity index (χ4n) is 2.47. The van der Waals surface area contributed by atoms with Crippen LogP contribution in [0.4, 0.5) is 5.69 Å². The lowest BCUT2D eigenvalue weighted by atomic mass is 10.1. The first kappa shape index (κ1) is 14.2. The van der Waals surface area contributed by atoms with E-state index in [-0.39, 0.29) is 5.84 Å². The van der Waals surface area contributed by atoms with Crippen LogP contribution in [0.5, 0.6) is 0 Å². The molecular formula is C14H21ClN4.